The number of rotatable bonds is 6. The van der Waals surface area contributed by atoms with Gasteiger partial charge in [-0.2, -0.15) is 0 Å². The van der Waals surface area contributed by atoms with E-state index in [-0.39, 0.29) is 18.4 Å². The number of aliphatic hydroxyl groups excluding tert-OH is 1. The van der Waals surface area contributed by atoms with E-state index in [2.05, 4.69) is 4.90 Å². The minimum absolute atomic E-state index is 0.125. The highest BCUT2D eigenvalue weighted by atomic mass is 16.5. The van der Waals surface area contributed by atoms with Crippen LogP contribution in [0.2, 0.25) is 0 Å². The molecule has 3 fully saturated rings. The van der Waals surface area contributed by atoms with Crippen molar-refractivity contribution in [3.63, 3.8) is 0 Å². The first-order valence-electron chi connectivity index (χ1n) is 11.7. The number of nitrogens with zero attached hydrogens (tertiary/aromatic N) is 3. The van der Waals surface area contributed by atoms with Crippen LogP contribution in [-0.2, 0) is 27.4 Å². The maximum Gasteiger partial charge on any atom is 0.337 e. The first-order valence-corrected chi connectivity index (χ1v) is 11.7. The fourth-order valence-electron chi connectivity index (χ4n) is 5.48. The number of imide groups is 1. The lowest BCUT2D eigenvalue weighted by atomic mass is 9.82. The summed E-state index contributed by atoms with van der Waals surface area (Å²) in [6, 6.07) is 14.0. The highest BCUT2D eigenvalue weighted by molar-refractivity contribution is 6.06. The van der Waals surface area contributed by atoms with E-state index in [9.17, 15) is 19.5 Å². The average molecular weight is 480 g/mol. The molecule has 2 aromatic carbocycles. The van der Waals surface area contributed by atoms with Crippen molar-refractivity contribution in [1.29, 1.82) is 0 Å². The van der Waals surface area contributed by atoms with Crippen LogP contribution in [0.3, 0.4) is 0 Å². The number of fused-ring (bicyclic) bond motifs is 2. The largest absolute Gasteiger partial charge is 0.497 e. The van der Waals surface area contributed by atoms with Crippen molar-refractivity contribution in [2.24, 2.45) is 0 Å². The molecular formula is C26H29N3O6. The molecule has 0 radical (unpaired) electrons. The Morgan fingerprint density at radius 2 is 1.63 bits per heavy atom. The van der Waals surface area contributed by atoms with Gasteiger partial charge in [0, 0.05) is 26.2 Å². The molecule has 1 N–H and O–H groups in total. The van der Waals surface area contributed by atoms with Gasteiger partial charge in [-0.05, 0) is 41.8 Å². The minimum Gasteiger partial charge on any atom is -0.497 e. The number of hydrogen-bond acceptors (Lipinski definition) is 8. The molecule has 0 saturated carbocycles. The summed E-state index contributed by atoms with van der Waals surface area (Å²) in [6.45, 7) is 2.11. The normalized spacial score (nSPS) is 23.8. The molecule has 184 valence electrons. The number of carbonyl (C=O) groups excluding carboxylic acids is 3. The predicted octanol–water partition coefficient (Wildman–Crippen LogP) is 1.04. The molecule has 3 saturated heterocycles. The Morgan fingerprint density at radius 1 is 1.00 bits per heavy atom. The van der Waals surface area contributed by atoms with Crippen molar-refractivity contribution in [2.75, 3.05) is 33.9 Å². The van der Waals surface area contributed by atoms with E-state index in [0.717, 1.165) is 16.9 Å². The average Bonchev–Trinajstić information content (AvgIpc) is 3.25. The van der Waals surface area contributed by atoms with Crippen molar-refractivity contribution in [3.8, 4) is 5.75 Å². The number of carbonyl (C=O) groups is 3. The van der Waals surface area contributed by atoms with Crippen molar-refractivity contribution in [2.45, 2.75) is 37.2 Å². The predicted molar refractivity (Wildman–Crippen MR) is 125 cm³/mol. The summed E-state index contributed by atoms with van der Waals surface area (Å²) in [6.07, 6.45) is -0.312. The molecule has 0 bridgehead atoms. The second kappa shape index (κ2) is 9.07. The van der Waals surface area contributed by atoms with Crippen LogP contribution in [0.15, 0.2) is 48.5 Å². The van der Waals surface area contributed by atoms with E-state index >= 15 is 0 Å². The van der Waals surface area contributed by atoms with E-state index in [1.807, 2.05) is 29.2 Å². The van der Waals surface area contributed by atoms with Crippen molar-refractivity contribution >= 4 is 17.8 Å². The molecule has 0 unspecified atom stereocenters. The molecule has 0 aromatic heterocycles. The third kappa shape index (κ3) is 4.09. The summed E-state index contributed by atoms with van der Waals surface area (Å²) in [5, 5.41) is 10.4. The molecule has 2 aromatic rings. The van der Waals surface area contributed by atoms with Crippen LogP contribution in [-0.4, -0.2) is 89.1 Å². The smallest absolute Gasteiger partial charge is 0.337 e. The number of ether oxygens (including phenoxy) is 2. The third-order valence-corrected chi connectivity index (χ3v) is 7.27. The van der Waals surface area contributed by atoms with E-state index in [1.54, 1.807) is 31.4 Å². The molecule has 5 rings (SSSR count). The number of amides is 2. The number of esters is 1. The maximum atomic E-state index is 13.8. The molecule has 1 spiro atoms. The van der Waals surface area contributed by atoms with Crippen LogP contribution in [0, 0.1) is 0 Å². The monoisotopic (exact) mass is 479 g/mol. The Morgan fingerprint density at radius 3 is 2.26 bits per heavy atom. The van der Waals surface area contributed by atoms with Crippen molar-refractivity contribution in [1.82, 2.24) is 14.7 Å². The first-order chi connectivity index (χ1) is 16.8. The second-order valence-electron chi connectivity index (χ2n) is 9.50. The number of likely N-dealkylation sites (tertiary alicyclic amines) is 1. The van der Waals surface area contributed by atoms with Gasteiger partial charge in [0.25, 0.3) is 5.91 Å². The van der Waals surface area contributed by atoms with Gasteiger partial charge in [-0.1, -0.05) is 24.3 Å². The number of aliphatic hydroxyl groups is 1. The molecular weight excluding hydrogens is 450 g/mol. The lowest BCUT2D eigenvalue weighted by Crippen LogP contribution is -2.81. The molecule has 35 heavy (non-hydrogen) atoms. The molecule has 9 nitrogen and oxygen atoms in total. The van der Waals surface area contributed by atoms with Gasteiger partial charge in [0.1, 0.15) is 11.3 Å². The zero-order valence-electron chi connectivity index (χ0n) is 19.8. The van der Waals surface area contributed by atoms with Gasteiger partial charge < -0.3 is 14.6 Å². The summed E-state index contributed by atoms with van der Waals surface area (Å²) in [5.74, 6) is -0.153. The van der Waals surface area contributed by atoms with E-state index < -0.39 is 23.7 Å². The van der Waals surface area contributed by atoms with Gasteiger partial charge in [0.15, 0.2) is 0 Å². The molecule has 3 aliphatic rings. The van der Waals surface area contributed by atoms with Gasteiger partial charge in [-0.15, -0.1) is 0 Å². The molecule has 2 amide bonds. The summed E-state index contributed by atoms with van der Waals surface area (Å²) in [5.41, 5.74) is 1.44. The highest BCUT2D eigenvalue weighted by Gasteiger charge is 2.64. The number of hydrogen-bond donors (Lipinski definition) is 1. The summed E-state index contributed by atoms with van der Waals surface area (Å²) in [4.78, 5) is 44.2. The van der Waals surface area contributed by atoms with Gasteiger partial charge >= 0.3 is 5.97 Å². The number of piperazine rings is 1. The minimum atomic E-state index is -0.825. The SMILES string of the molecule is COC(=O)c1ccc(CN2C(=O)[C@@H]3C[C@@H](O)CN3C3(CN(Cc4ccc(OC)cc4)C3)C2=O)cc1. The lowest BCUT2D eigenvalue weighted by molar-refractivity contribution is -0.181. The molecule has 9 heteroatoms. The first kappa shape index (κ1) is 23.5. The van der Waals surface area contributed by atoms with Crippen LogP contribution >= 0.6 is 0 Å². The van der Waals surface area contributed by atoms with Gasteiger partial charge in [-0.25, -0.2) is 4.79 Å². The highest BCUT2D eigenvalue weighted by Crippen LogP contribution is 2.41. The van der Waals surface area contributed by atoms with Gasteiger partial charge in [0.05, 0.1) is 38.5 Å². The van der Waals surface area contributed by atoms with E-state index in [0.29, 0.717) is 38.2 Å². The second-order valence-corrected chi connectivity index (χ2v) is 9.50. The molecule has 3 heterocycles. The van der Waals surface area contributed by atoms with E-state index in [4.69, 9.17) is 9.47 Å². The third-order valence-electron chi connectivity index (χ3n) is 7.27. The van der Waals surface area contributed by atoms with Crippen LogP contribution in [0.1, 0.15) is 27.9 Å². The number of benzene rings is 2. The standard InChI is InChI=1S/C26H29N3O6/c1-34-21-9-5-17(6-10-21)12-27-15-26(16-27)25(33)28(23(31)22-11-20(30)14-29(22)26)13-18-3-7-19(8-4-18)24(32)35-2/h3-10,20,22,30H,11-16H2,1-2H3/t20-,22+/m1/s1. The van der Waals surface area contributed by atoms with Crippen LogP contribution in [0.25, 0.3) is 0 Å². The molecule has 3 aliphatic heterocycles. The summed E-state index contributed by atoms with van der Waals surface area (Å²) >= 11 is 0. The zero-order chi connectivity index (χ0) is 24.7. The Kier molecular flexibility index (Phi) is 6.08. The summed E-state index contributed by atoms with van der Waals surface area (Å²) < 4.78 is 9.96. The summed E-state index contributed by atoms with van der Waals surface area (Å²) in [7, 11) is 2.95. The van der Waals surface area contributed by atoms with Crippen LogP contribution < -0.4 is 4.74 Å². The van der Waals surface area contributed by atoms with E-state index in [1.165, 1.54) is 12.0 Å². The molecule has 2 atom stereocenters. The zero-order valence-corrected chi connectivity index (χ0v) is 19.8. The lowest BCUT2D eigenvalue weighted by Gasteiger charge is -2.58. The Labute approximate surface area is 203 Å². The van der Waals surface area contributed by atoms with Gasteiger partial charge in [-0.3, -0.25) is 24.3 Å². The van der Waals surface area contributed by atoms with Crippen LogP contribution in [0.5, 0.6) is 5.75 Å². The van der Waals surface area contributed by atoms with Crippen molar-refractivity contribution < 1.29 is 29.0 Å². The number of β-amino-alcohol motifs (C(OH)–C–C–N with tert-alkyl or cyclic N) is 1. The Balaban J connectivity index is 1.34. The Bertz CT molecular complexity index is 1130. The fourth-order valence-corrected chi connectivity index (χ4v) is 5.48. The molecule has 0 aliphatic carbocycles. The quantitative estimate of drug-likeness (QED) is 0.485. The van der Waals surface area contributed by atoms with Gasteiger partial charge in [0.2, 0.25) is 5.91 Å². The van der Waals surface area contributed by atoms with Crippen LogP contribution in [0.4, 0.5) is 0 Å². The van der Waals surface area contributed by atoms with Crippen molar-refractivity contribution in [3.05, 3.63) is 65.2 Å². The fraction of sp³-hybridized carbons (Fsp3) is 0.423. The maximum absolute atomic E-state index is 13.8. The Hall–Kier alpha value is -3.27. The topological polar surface area (TPSA) is 99.6 Å². The number of methoxy groups -OCH3 is 2.